The summed E-state index contributed by atoms with van der Waals surface area (Å²) in [6, 6.07) is 0.233. The molecule has 0 saturated heterocycles. The van der Waals surface area contributed by atoms with Gasteiger partial charge < -0.3 is 5.32 Å². The van der Waals surface area contributed by atoms with Crippen molar-refractivity contribution >= 4 is 5.91 Å². The van der Waals surface area contributed by atoms with Crippen LogP contribution in [-0.2, 0) is 0 Å². The number of carbonyl (C=O) groups excluding carboxylic acids is 1. The number of nitrogens with one attached hydrogen (secondary N) is 1. The van der Waals surface area contributed by atoms with Crippen molar-refractivity contribution in [3.8, 4) is 0 Å². The van der Waals surface area contributed by atoms with Crippen LogP contribution in [0.4, 0.5) is 0 Å². The number of aryl methyl sites for hydroxylation is 1. The SMILES string of the molecule is Cc1cnc(C(=O)NC(C)C23CC4CC(CC(C4)C2)C3)cn1. The molecule has 1 amide bonds. The van der Waals surface area contributed by atoms with Crippen LogP contribution in [0.2, 0.25) is 0 Å². The van der Waals surface area contributed by atoms with E-state index in [4.69, 9.17) is 0 Å². The monoisotopic (exact) mass is 299 g/mol. The van der Waals surface area contributed by atoms with Gasteiger partial charge in [-0.25, -0.2) is 4.98 Å². The molecule has 1 unspecified atom stereocenters. The Morgan fingerprint density at radius 1 is 1.14 bits per heavy atom. The zero-order valence-electron chi connectivity index (χ0n) is 13.5. The van der Waals surface area contributed by atoms with Crippen LogP contribution in [-0.4, -0.2) is 21.9 Å². The van der Waals surface area contributed by atoms with Gasteiger partial charge in [-0.2, -0.15) is 0 Å². The van der Waals surface area contributed by atoms with Gasteiger partial charge >= 0.3 is 0 Å². The van der Waals surface area contributed by atoms with Crippen LogP contribution in [0, 0.1) is 30.1 Å². The van der Waals surface area contributed by atoms with Crippen molar-refractivity contribution in [1.82, 2.24) is 15.3 Å². The minimum Gasteiger partial charge on any atom is -0.348 e. The predicted molar refractivity (Wildman–Crippen MR) is 84.3 cm³/mol. The summed E-state index contributed by atoms with van der Waals surface area (Å²) in [4.78, 5) is 20.8. The number of hydrogen-bond donors (Lipinski definition) is 1. The third-order valence-electron chi connectivity index (χ3n) is 6.37. The highest BCUT2D eigenvalue weighted by molar-refractivity contribution is 5.92. The summed E-state index contributed by atoms with van der Waals surface area (Å²) in [6.45, 7) is 4.08. The van der Waals surface area contributed by atoms with Gasteiger partial charge in [0.05, 0.1) is 11.9 Å². The Balaban J connectivity index is 1.49. The fourth-order valence-electron chi connectivity index (χ4n) is 5.64. The van der Waals surface area contributed by atoms with Crippen molar-refractivity contribution in [3.63, 3.8) is 0 Å². The molecule has 4 aliphatic rings. The first-order chi connectivity index (χ1) is 10.5. The van der Waals surface area contributed by atoms with Crippen molar-refractivity contribution < 1.29 is 4.79 Å². The number of nitrogens with zero attached hydrogens (tertiary/aromatic N) is 2. The molecule has 4 fully saturated rings. The molecule has 5 rings (SSSR count). The van der Waals surface area contributed by atoms with E-state index in [9.17, 15) is 4.79 Å². The second-order valence-electron chi connectivity index (χ2n) is 8.02. The first-order valence-electron chi connectivity index (χ1n) is 8.63. The Morgan fingerprint density at radius 2 is 1.73 bits per heavy atom. The van der Waals surface area contributed by atoms with Gasteiger partial charge in [0, 0.05) is 12.2 Å². The molecule has 4 aliphatic carbocycles. The van der Waals surface area contributed by atoms with E-state index in [0.29, 0.717) is 11.1 Å². The van der Waals surface area contributed by atoms with E-state index in [-0.39, 0.29) is 11.9 Å². The summed E-state index contributed by atoms with van der Waals surface area (Å²) in [6.07, 6.45) is 11.5. The summed E-state index contributed by atoms with van der Waals surface area (Å²) in [5.41, 5.74) is 1.61. The molecule has 4 heteroatoms. The zero-order chi connectivity index (χ0) is 15.3. The van der Waals surface area contributed by atoms with Gasteiger partial charge in [-0.05, 0) is 75.5 Å². The number of amides is 1. The first kappa shape index (κ1) is 14.2. The average Bonchev–Trinajstić information content (AvgIpc) is 2.46. The van der Waals surface area contributed by atoms with Gasteiger partial charge in [-0.1, -0.05) is 0 Å². The molecule has 1 N–H and O–H groups in total. The molecule has 22 heavy (non-hydrogen) atoms. The quantitative estimate of drug-likeness (QED) is 0.933. The molecule has 0 aliphatic heterocycles. The van der Waals surface area contributed by atoms with E-state index >= 15 is 0 Å². The lowest BCUT2D eigenvalue weighted by Gasteiger charge is -2.59. The van der Waals surface area contributed by atoms with E-state index in [1.807, 2.05) is 6.92 Å². The van der Waals surface area contributed by atoms with Crippen LogP contribution in [0.5, 0.6) is 0 Å². The fraction of sp³-hybridized carbons (Fsp3) is 0.722. The average molecular weight is 299 g/mol. The van der Waals surface area contributed by atoms with Gasteiger partial charge in [-0.3, -0.25) is 9.78 Å². The van der Waals surface area contributed by atoms with Crippen LogP contribution < -0.4 is 5.32 Å². The summed E-state index contributed by atoms with van der Waals surface area (Å²) < 4.78 is 0. The maximum atomic E-state index is 12.4. The molecule has 1 aromatic rings. The summed E-state index contributed by atoms with van der Waals surface area (Å²) in [5, 5.41) is 3.23. The molecule has 1 atom stereocenters. The molecule has 0 radical (unpaired) electrons. The lowest BCUT2D eigenvalue weighted by atomic mass is 9.48. The summed E-state index contributed by atoms with van der Waals surface area (Å²) >= 11 is 0. The van der Waals surface area contributed by atoms with Crippen molar-refractivity contribution in [2.24, 2.45) is 23.2 Å². The van der Waals surface area contributed by atoms with Gasteiger partial charge in [0.15, 0.2) is 0 Å². The van der Waals surface area contributed by atoms with Crippen LogP contribution >= 0.6 is 0 Å². The predicted octanol–water partition coefficient (Wildman–Crippen LogP) is 3.12. The van der Waals surface area contributed by atoms with E-state index < -0.39 is 0 Å². The number of rotatable bonds is 3. The third-order valence-corrected chi connectivity index (χ3v) is 6.37. The molecule has 4 bridgehead atoms. The van der Waals surface area contributed by atoms with E-state index in [1.165, 1.54) is 38.5 Å². The number of carbonyl (C=O) groups is 1. The highest BCUT2D eigenvalue weighted by atomic mass is 16.1. The molecule has 0 spiro atoms. The van der Waals surface area contributed by atoms with Gasteiger partial charge in [-0.15, -0.1) is 0 Å². The molecule has 118 valence electrons. The maximum Gasteiger partial charge on any atom is 0.271 e. The minimum absolute atomic E-state index is 0.0734. The van der Waals surface area contributed by atoms with E-state index in [0.717, 1.165) is 23.4 Å². The van der Waals surface area contributed by atoms with Crippen LogP contribution in [0.3, 0.4) is 0 Å². The first-order valence-corrected chi connectivity index (χ1v) is 8.63. The molecular weight excluding hydrogens is 274 g/mol. The zero-order valence-corrected chi connectivity index (χ0v) is 13.5. The van der Waals surface area contributed by atoms with Gasteiger partial charge in [0.1, 0.15) is 5.69 Å². The highest BCUT2D eigenvalue weighted by Crippen LogP contribution is 2.61. The second-order valence-corrected chi connectivity index (χ2v) is 8.02. The highest BCUT2D eigenvalue weighted by Gasteiger charge is 2.53. The maximum absolute atomic E-state index is 12.4. The molecule has 0 aromatic carbocycles. The van der Waals surface area contributed by atoms with Crippen molar-refractivity contribution in [1.29, 1.82) is 0 Å². The Morgan fingerprint density at radius 3 is 2.23 bits per heavy atom. The third kappa shape index (κ3) is 2.33. The minimum atomic E-state index is -0.0734. The largest absolute Gasteiger partial charge is 0.348 e. The lowest BCUT2D eigenvalue weighted by Crippen LogP contribution is -2.55. The van der Waals surface area contributed by atoms with E-state index in [2.05, 4.69) is 22.2 Å². The van der Waals surface area contributed by atoms with Crippen molar-refractivity contribution in [3.05, 3.63) is 23.8 Å². The second kappa shape index (κ2) is 5.04. The fourth-order valence-corrected chi connectivity index (χ4v) is 5.64. The Bertz CT molecular complexity index is 545. The molecule has 1 aromatic heterocycles. The molecular formula is C18H25N3O. The lowest BCUT2D eigenvalue weighted by molar-refractivity contribution is -0.0688. The van der Waals surface area contributed by atoms with Gasteiger partial charge in [0.25, 0.3) is 5.91 Å². The van der Waals surface area contributed by atoms with Crippen molar-refractivity contribution in [2.75, 3.05) is 0 Å². The Labute approximate surface area is 132 Å². The normalized spacial score (nSPS) is 37.1. The molecule has 1 heterocycles. The standard InChI is InChI=1S/C18H25N3O/c1-11-9-20-16(10-19-11)17(22)21-12(2)18-6-13-3-14(7-18)5-15(4-13)8-18/h9-10,12-15H,3-8H2,1-2H3,(H,21,22). The molecule has 4 saturated carbocycles. The Kier molecular flexibility index (Phi) is 3.24. The Hall–Kier alpha value is -1.45. The van der Waals surface area contributed by atoms with Crippen LogP contribution in [0.25, 0.3) is 0 Å². The number of hydrogen-bond acceptors (Lipinski definition) is 3. The van der Waals surface area contributed by atoms with Crippen LogP contribution in [0.1, 0.15) is 61.6 Å². The van der Waals surface area contributed by atoms with Crippen molar-refractivity contribution in [2.45, 2.75) is 58.4 Å². The summed E-state index contributed by atoms with van der Waals surface area (Å²) in [5.74, 6) is 2.65. The van der Waals surface area contributed by atoms with E-state index in [1.54, 1.807) is 12.4 Å². The summed E-state index contributed by atoms with van der Waals surface area (Å²) in [7, 11) is 0. The van der Waals surface area contributed by atoms with Crippen LogP contribution in [0.15, 0.2) is 12.4 Å². The molecule has 4 nitrogen and oxygen atoms in total. The van der Waals surface area contributed by atoms with Gasteiger partial charge in [0.2, 0.25) is 0 Å². The smallest absolute Gasteiger partial charge is 0.271 e. The number of aromatic nitrogens is 2. The topological polar surface area (TPSA) is 54.9 Å².